The number of ether oxygens (including phenoxy) is 6. The van der Waals surface area contributed by atoms with E-state index in [0.29, 0.717) is 50.5 Å². The maximum Gasteiger partial charge on any atom is 0.329 e. The van der Waals surface area contributed by atoms with Crippen molar-refractivity contribution in [1.29, 1.82) is 0 Å². The van der Waals surface area contributed by atoms with Crippen LogP contribution in [-0.4, -0.2) is 167 Å². The monoisotopic (exact) mass is 1030 g/mol. The van der Waals surface area contributed by atoms with Gasteiger partial charge in [-0.15, -0.1) is 0 Å². The molecule has 15 atom stereocenters. The summed E-state index contributed by atoms with van der Waals surface area (Å²) >= 11 is 0. The number of aliphatic hydroxyl groups is 5. The van der Waals surface area contributed by atoms with Crippen molar-refractivity contribution in [1.82, 2.24) is 4.90 Å². The van der Waals surface area contributed by atoms with Gasteiger partial charge in [0.1, 0.15) is 47.8 Å². The number of Topliss-reactive ketones (excluding diaryl/α,β-unsaturated/α-hetero) is 3. The van der Waals surface area contributed by atoms with Crippen LogP contribution >= 0.6 is 0 Å². The number of rotatable bonds is 10. The third-order valence-corrected chi connectivity index (χ3v) is 15.5. The standard InChI is InChI=1S/C55H85NO17/c1-32-16-12-11-13-17-33(2)43(68-8)28-39-20-22-46(60)55(67,73-39)50(63)51(64)56-23-15-14-18-40(56)52(65)71-44(29-41(59)34(3)25-37(6)48(62)49(70-10)47(61)36(5)24-32)35(4)26-38-19-21-42(45(27-38)69-9)72-53(66)54(7,30-57)31-58/h11-13,16-17,25,32,34-36,38-40,42-46,48-49,57-58,60,62,67H,14-15,18-24,26-31H2,1-10H3/b13-11+,16-12+,33-17+,37-25+/t32-,34-,35-,36-,38+,39+,40+,42-,43+,44+,45-,46?,48-,49?,55-/m1/s1. The molecule has 0 radical (unpaired) electrons. The van der Waals surface area contributed by atoms with E-state index in [2.05, 4.69) is 0 Å². The molecule has 2 unspecified atom stereocenters. The minimum Gasteiger partial charge on any atom is -0.460 e. The molecule has 3 heterocycles. The number of allylic oxidation sites excluding steroid dienone is 6. The number of cyclic esters (lactones) is 1. The summed E-state index contributed by atoms with van der Waals surface area (Å²) in [6.45, 7) is 10.8. The molecule has 18 heteroatoms. The van der Waals surface area contributed by atoms with Crippen molar-refractivity contribution in [2.45, 2.75) is 186 Å². The van der Waals surface area contributed by atoms with Gasteiger partial charge >= 0.3 is 11.9 Å². The zero-order valence-corrected chi connectivity index (χ0v) is 44.7. The first-order valence-corrected chi connectivity index (χ1v) is 26.1. The van der Waals surface area contributed by atoms with E-state index in [1.54, 1.807) is 26.8 Å². The molecule has 3 aliphatic heterocycles. The molecule has 5 N–H and O–H groups in total. The minimum atomic E-state index is -2.91. The lowest BCUT2D eigenvalue weighted by Crippen LogP contribution is -2.63. The summed E-state index contributed by atoms with van der Waals surface area (Å²) < 4.78 is 35.0. The molecule has 18 nitrogen and oxygen atoms in total. The molecule has 412 valence electrons. The highest BCUT2D eigenvalue weighted by atomic mass is 16.7. The van der Waals surface area contributed by atoms with Gasteiger partial charge in [0.15, 0.2) is 5.78 Å². The van der Waals surface area contributed by atoms with Crippen molar-refractivity contribution < 1.29 is 82.7 Å². The highest BCUT2D eigenvalue weighted by molar-refractivity contribution is 6.39. The van der Waals surface area contributed by atoms with Crippen molar-refractivity contribution in [3.05, 3.63) is 47.6 Å². The number of fused-ring (bicyclic) bond motifs is 3. The van der Waals surface area contributed by atoms with Crippen LogP contribution in [0.1, 0.15) is 126 Å². The Morgan fingerprint density at radius 1 is 0.863 bits per heavy atom. The van der Waals surface area contributed by atoms with Crippen LogP contribution < -0.4 is 0 Å². The number of nitrogens with zero attached hydrogens (tertiary/aromatic N) is 1. The Bertz CT molecular complexity index is 2010. The molecule has 1 aliphatic carbocycles. The summed E-state index contributed by atoms with van der Waals surface area (Å²) in [7, 11) is 4.35. The van der Waals surface area contributed by atoms with Crippen molar-refractivity contribution in [3.8, 4) is 0 Å². The molecule has 3 fully saturated rings. The first-order chi connectivity index (χ1) is 34.5. The first-order valence-electron chi connectivity index (χ1n) is 26.1. The molecular formula is C55H85NO17. The number of ketones is 3. The second-order valence-electron chi connectivity index (χ2n) is 21.5. The molecule has 1 amide bonds. The minimum absolute atomic E-state index is 0.0274. The molecule has 4 aliphatic rings. The summed E-state index contributed by atoms with van der Waals surface area (Å²) in [4.78, 5) is 84.9. The number of esters is 2. The number of hydrogen-bond acceptors (Lipinski definition) is 17. The Morgan fingerprint density at radius 3 is 2.21 bits per heavy atom. The maximum absolute atomic E-state index is 14.5. The van der Waals surface area contributed by atoms with Gasteiger partial charge in [0.2, 0.25) is 0 Å². The fourth-order valence-corrected chi connectivity index (χ4v) is 10.5. The fourth-order valence-electron chi connectivity index (χ4n) is 10.5. The summed E-state index contributed by atoms with van der Waals surface area (Å²) in [5.41, 5.74) is -0.369. The summed E-state index contributed by atoms with van der Waals surface area (Å²) in [5, 5.41) is 53.9. The van der Waals surface area contributed by atoms with Crippen LogP contribution in [0.2, 0.25) is 0 Å². The zero-order valence-electron chi connectivity index (χ0n) is 44.7. The molecule has 2 saturated heterocycles. The maximum atomic E-state index is 14.5. The highest BCUT2D eigenvalue weighted by Crippen LogP contribution is 2.37. The van der Waals surface area contributed by atoms with Gasteiger partial charge in [-0.25, -0.2) is 4.79 Å². The van der Waals surface area contributed by atoms with Crippen molar-refractivity contribution in [3.63, 3.8) is 0 Å². The third kappa shape index (κ3) is 16.0. The molecule has 0 aromatic rings. The summed E-state index contributed by atoms with van der Waals surface area (Å²) in [5.74, 6) is -9.71. The Kier molecular flexibility index (Phi) is 23.8. The fraction of sp³-hybridized carbons (Fsp3) is 0.745. The van der Waals surface area contributed by atoms with Gasteiger partial charge in [-0.05, 0) is 114 Å². The summed E-state index contributed by atoms with van der Waals surface area (Å²) in [6, 6.07) is -1.28. The predicted octanol–water partition coefficient (Wildman–Crippen LogP) is 4.45. The third-order valence-electron chi connectivity index (χ3n) is 15.5. The van der Waals surface area contributed by atoms with Gasteiger partial charge in [-0.3, -0.25) is 24.0 Å². The molecule has 0 spiro atoms. The highest BCUT2D eigenvalue weighted by Gasteiger charge is 2.54. The van der Waals surface area contributed by atoms with E-state index in [4.69, 9.17) is 28.4 Å². The van der Waals surface area contributed by atoms with Gasteiger partial charge in [-0.2, -0.15) is 0 Å². The van der Waals surface area contributed by atoms with Crippen molar-refractivity contribution >= 4 is 35.2 Å². The zero-order chi connectivity index (χ0) is 54.4. The van der Waals surface area contributed by atoms with E-state index in [1.165, 1.54) is 28.3 Å². The van der Waals surface area contributed by atoms with Crippen LogP contribution in [-0.2, 0) is 57.2 Å². The van der Waals surface area contributed by atoms with E-state index >= 15 is 0 Å². The lowest BCUT2D eigenvalue weighted by Gasteiger charge is -2.42. The van der Waals surface area contributed by atoms with E-state index in [0.717, 1.165) is 10.5 Å². The van der Waals surface area contributed by atoms with E-state index < -0.39 is 121 Å². The average molecular weight is 1030 g/mol. The topological polar surface area (TPSA) is 262 Å². The van der Waals surface area contributed by atoms with Crippen LogP contribution in [0, 0.1) is 35.0 Å². The number of carbonyl (C=O) groups is 6. The molecule has 0 aromatic carbocycles. The Labute approximate surface area is 431 Å². The second-order valence-corrected chi connectivity index (χ2v) is 21.5. The molecule has 73 heavy (non-hydrogen) atoms. The van der Waals surface area contributed by atoms with Gasteiger partial charge in [-0.1, -0.05) is 64.2 Å². The lowest BCUT2D eigenvalue weighted by molar-refractivity contribution is -0.282. The molecule has 2 bridgehead atoms. The number of piperidine rings is 1. The average Bonchev–Trinajstić information content (AvgIpc) is 3.37. The second kappa shape index (κ2) is 28.2. The smallest absolute Gasteiger partial charge is 0.329 e. The summed E-state index contributed by atoms with van der Waals surface area (Å²) in [6.07, 6.45) is 6.37. The van der Waals surface area contributed by atoms with E-state index in [1.807, 2.05) is 51.2 Å². The Balaban J connectivity index is 1.69. The van der Waals surface area contributed by atoms with Crippen molar-refractivity contribution in [2.75, 3.05) is 41.1 Å². The molecule has 1 saturated carbocycles. The SMILES string of the molecule is COC1C(=O)[C@H](C)C[C@H](C)/C=C/C=C/C=C(\C)[C@@H](OC)C[C@@H]2CCC(O)[C@@](O)(O2)C(=O)C(=O)N2CCCC[C@H]2C(=O)O[C@H]([C@H](C)C[C@@H]2CC[C@@H](OC(=O)C(C)(CO)CO)[C@H](OC)C2)CC(=O)[C@H](C)/C=C(\C)[C@H]1O. The lowest BCUT2D eigenvalue weighted by atomic mass is 9.78. The normalized spacial score (nSPS) is 37.4. The van der Waals surface area contributed by atoms with Gasteiger partial charge in [0, 0.05) is 52.6 Å². The molecule has 4 rings (SSSR count). The largest absolute Gasteiger partial charge is 0.460 e. The van der Waals surface area contributed by atoms with Crippen LogP contribution in [0.15, 0.2) is 47.6 Å². The Hall–Kier alpha value is -3.98. The first kappa shape index (κ1) is 61.6. The quantitative estimate of drug-likeness (QED) is 0.115. The number of hydrogen-bond donors (Lipinski definition) is 5. The number of amides is 1. The van der Waals surface area contributed by atoms with Crippen LogP contribution in [0.5, 0.6) is 0 Å². The number of carbonyl (C=O) groups excluding carboxylic acids is 6. The van der Waals surface area contributed by atoms with Gasteiger partial charge in [0.25, 0.3) is 17.5 Å². The predicted molar refractivity (Wildman–Crippen MR) is 268 cm³/mol. The van der Waals surface area contributed by atoms with Crippen LogP contribution in [0.25, 0.3) is 0 Å². The van der Waals surface area contributed by atoms with E-state index in [-0.39, 0.29) is 62.1 Å². The van der Waals surface area contributed by atoms with Crippen molar-refractivity contribution in [2.24, 2.45) is 35.0 Å². The van der Waals surface area contributed by atoms with Gasteiger partial charge in [0.05, 0.1) is 31.5 Å². The van der Waals surface area contributed by atoms with Crippen LogP contribution in [0.3, 0.4) is 0 Å². The Morgan fingerprint density at radius 2 is 1.56 bits per heavy atom. The van der Waals surface area contributed by atoms with E-state index in [9.17, 15) is 54.3 Å². The number of methoxy groups -OCH3 is 3. The van der Waals surface area contributed by atoms with Gasteiger partial charge < -0.3 is 58.9 Å². The van der Waals surface area contributed by atoms with Crippen LogP contribution in [0.4, 0.5) is 0 Å². The molecule has 0 aromatic heterocycles. The molecular weight excluding hydrogens is 947 g/mol. The number of aliphatic hydroxyl groups excluding tert-OH is 4.